The van der Waals surface area contributed by atoms with Gasteiger partial charge in [-0.15, -0.1) is 0 Å². The van der Waals surface area contributed by atoms with E-state index in [-0.39, 0.29) is 11.6 Å². The number of methoxy groups -OCH3 is 1. The van der Waals surface area contributed by atoms with Crippen LogP contribution in [0.3, 0.4) is 0 Å². The van der Waals surface area contributed by atoms with Crippen LogP contribution in [-0.2, 0) is 6.54 Å². The minimum absolute atomic E-state index is 0.172. The summed E-state index contributed by atoms with van der Waals surface area (Å²) in [5, 5.41) is 8.57. The Hall–Kier alpha value is -3.47. The molecule has 1 aliphatic rings. The largest absolute Gasteiger partial charge is 0.497 e. The average molecular weight is 525 g/mol. The lowest BCUT2D eigenvalue weighted by Crippen LogP contribution is -2.49. The van der Waals surface area contributed by atoms with Gasteiger partial charge in [0.25, 0.3) is 5.56 Å². The first kappa shape index (κ1) is 24.2. The number of urea groups is 1. The molecule has 5 rings (SSSR count). The molecule has 9 nitrogen and oxygen atoms in total. The SMILES string of the molecule is COc1ccc(-c2nn3c(=O)cc(CN4CCN(C(=O)Nc5ccc(C)cc5Cl)CC4)nc3s2)cc1. The topological polar surface area (TPSA) is 92.1 Å². The number of hydrogen-bond acceptors (Lipinski definition) is 7. The smallest absolute Gasteiger partial charge is 0.321 e. The van der Waals surface area contributed by atoms with Gasteiger partial charge in [-0.25, -0.2) is 9.78 Å². The summed E-state index contributed by atoms with van der Waals surface area (Å²) in [7, 11) is 1.62. The molecule has 0 unspecified atom stereocenters. The number of nitrogens with one attached hydrogen (secondary N) is 1. The maximum atomic E-state index is 12.7. The van der Waals surface area contributed by atoms with Gasteiger partial charge in [-0.05, 0) is 48.9 Å². The second kappa shape index (κ2) is 10.3. The maximum absolute atomic E-state index is 12.7. The minimum atomic E-state index is -0.209. The Labute approximate surface area is 216 Å². The minimum Gasteiger partial charge on any atom is -0.497 e. The summed E-state index contributed by atoms with van der Waals surface area (Å²) < 4.78 is 6.55. The molecule has 186 valence electrons. The highest BCUT2D eigenvalue weighted by atomic mass is 35.5. The Balaban J connectivity index is 1.22. The Morgan fingerprint density at radius 1 is 1.11 bits per heavy atom. The molecule has 0 radical (unpaired) electrons. The third-order valence-corrected chi connectivity index (χ3v) is 7.32. The van der Waals surface area contributed by atoms with E-state index >= 15 is 0 Å². The number of fused-ring (bicyclic) bond motifs is 1. The second-order valence-electron chi connectivity index (χ2n) is 8.59. The number of carbonyl (C=O) groups is 1. The van der Waals surface area contributed by atoms with Crippen LogP contribution in [0.2, 0.25) is 5.02 Å². The zero-order valence-electron chi connectivity index (χ0n) is 19.9. The molecule has 1 aliphatic heterocycles. The predicted octanol–water partition coefficient (Wildman–Crippen LogP) is 4.14. The molecule has 1 fully saturated rings. The number of amides is 2. The lowest BCUT2D eigenvalue weighted by Gasteiger charge is -2.34. The van der Waals surface area contributed by atoms with Gasteiger partial charge < -0.3 is 15.0 Å². The van der Waals surface area contributed by atoms with Crippen LogP contribution in [0.4, 0.5) is 10.5 Å². The van der Waals surface area contributed by atoms with Crippen LogP contribution < -0.4 is 15.6 Å². The molecule has 0 spiro atoms. The number of hydrogen-bond donors (Lipinski definition) is 1. The molecule has 36 heavy (non-hydrogen) atoms. The zero-order valence-corrected chi connectivity index (χ0v) is 21.5. The van der Waals surface area contributed by atoms with Crippen molar-refractivity contribution in [3.63, 3.8) is 0 Å². The molecule has 2 aromatic carbocycles. The fourth-order valence-electron chi connectivity index (χ4n) is 4.04. The third-order valence-electron chi connectivity index (χ3n) is 6.05. The normalized spacial score (nSPS) is 14.2. The molecule has 1 N–H and O–H groups in total. The molecular weight excluding hydrogens is 500 g/mol. The van der Waals surface area contributed by atoms with E-state index < -0.39 is 0 Å². The van der Waals surface area contributed by atoms with Crippen LogP contribution in [0, 0.1) is 6.92 Å². The van der Waals surface area contributed by atoms with E-state index in [0.29, 0.717) is 59.1 Å². The molecule has 0 aliphatic carbocycles. The van der Waals surface area contributed by atoms with Crippen molar-refractivity contribution >= 4 is 39.6 Å². The predicted molar refractivity (Wildman–Crippen MR) is 141 cm³/mol. The summed E-state index contributed by atoms with van der Waals surface area (Å²) in [5.74, 6) is 0.758. The fourth-order valence-corrected chi connectivity index (χ4v) is 5.25. The Morgan fingerprint density at radius 2 is 1.86 bits per heavy atom. The van der Waals surface area contributed by atoms with Gasteiger partial charge in [0.2, 0.25) is 4.96 Å². The first-order valence-corrected chi connectivity index (χ1v) is 12.7. The van der Waals surface area contributed by atoms with Crippen molar-refractivity contribution in [1.82, 2.24) is 24.4 Å². The van der Waals surface area contributed by atoms with E-state index in [2.05, 4.69) is 20.3 Å². The standard InChI is InChI=1S/C25H25ClN6O3S/c1-16-3-8-21(20(26)13-16)28-24(34)31-11-9-30(10-12-31)15-18-14-22(33)32-25(27-18)36-23(29-32)17-4-6-19(35-2)7-5-17/h3-8,13-14H,9-12,15H2,1-2H3,(H,28,34). The van der Waals surface area contributed by atoms with Crippen LogP contribution in [-0.4, -0.2) is 63.7 Å². The maximum Gasteiger partial charge on any atom is 0.321 e. The Morgan fingerprint density at radius 3 is 2.56 bits per heavy atom. The van der Waals surface area contributed by atoms with Gasteiger partial charge in [0.15, 0.2) is 0 Å². The van der Waals surface area contributed by atoms with E-state index in [1.165, 1.54) is 21.9 Å². The van der Waals surface area contributed by atoms with Crippen molar-refractivity contribution in [3.8, 4) is 16.3 Å². The molecule has 3 heterocycles. The summed E-state index contributed by atoms with van der Waals surface area (Å²) >= 11 is 7.62. The van der Waals surface area contributed by atoms with Crippen LogP contribution >= 0.6 is 22.9 Å². The van der Waals surface area contributed by atoms with Crippen molar-refractivity contribution in [1.29, 1.82) is 0 Å². The van der Waals surface area contributed by atoms with Gasteiger partial charge in [-0.2, -0.15) is 9.61 Å². The number of anilines is 1. The molecule has 4 aromatic rings. The van der Waals surface area contributed by atoms with Crippen LogP contribution in [0.15, 0.2) is 53.3 Å². The Bertz CT molecular complexity index is 1460. The van der Waals surface area contributed by atoms with E-state index in [1.807, 2.05) is 49.4 Å². The number of rotatable bonds is 5. The van der Waals surface area contributed by atoms with E-state index in [4.69, 9.17) is 16.3 Å². The highest BCUT2D eigenvalue weighted by Crippen LogP contribution is 2.26. The summed E-state index contributed by atoms with van der Waals surface area (Å²) in [4.78, 5) is 34.6. The number of ether oxygens (including phenoxy) is 1. The molecule has 0 saturated carbocycles. The van der Waals surface area contributed by atoms with Crippen LogP contribution in [0.1, 0.15) is 11.3 Å². The van der Waals surface area contributed by atoms with Crippen LogP contribution in [0.5, 0.6) is 5.75 Å². The van der Waals surface area contributed by atoms with Crippen molar-refractivity contribution in [2.45, 2.75) is 13.5 Å². The van der Waals surface area contributed by atoms with Crippen molar-refractivity contribution in [2.75, 3.05) is 38.6 Å². The van der Waals surface area contributed by atoms with Crippen molar-refractivity contribution in [3.05, 3.63) is 75.2 Å². The van der Waals surface area contributed by atoms with Crippen molar-refractivity contribution < 1.29 is 9.53 Å². The average Bonchev–Trinajstić information content (AvgIpc) is 3.31. The lowest BCUT2D eigenvalue weighted by atomic mass is 10.2. The summed E-state index contributed by atoms with van der Waals surface area (Å²) in [6.45, 7) is 4.97. The van der Waals surface area contributed by atoms with E-state index in [9.17, 15) is 9.59 Å². The molecule has 2 aromatic heterocycles. The Kier molecular flexibility index (Phi) is 6.90. The molecule has 0 atom stereocenters. The van der Waals surface area contributed by atoms with Crippen molar-refractivity contribution in [2.24, 2.45) is 0 Å². The number of benzene rings is 2. The monoisotopic (exact) mass is 524 g/mol. The molecule has 0 bridgehead atoms. The van der Waals surface area contributed by atoms with E-state index in [1.54, 1.807) is 12.0 Å². The van der Waals surface area contributed by atoms with Gasteiger partial charge in [0.1, 0.15) is 10.8 Å². The van der Waals surface area contributed by atoms with Gasteiger partial charge in [0, 0.05) is 44.4 Å². The number of aromatic nitrogens is 3. The highest BCUT2D eigenvalue weighted by Gasteiger charge is 2.22. The zero-order chi connectivity index (χ0) is 25.2. The number of aryl methyl sites for hydroxylation is 1. The van der Waals surface area contributed by atoms with Gasteiger partial charge in [-0.1, -0.05) is 29.0 Å². The summed E-state index contributed by atoms with van der Waals surface area (Å²) in [6, 6.07) is 14.4. The molecular formula is C25H25ClN6O3S. The molecule has 11 heteroatoms. The second-order valence-corrected chi connectivity index (χ2v) is 9.96. The van der Waals surface area contributed by atoms with Crippen LogP contribution in [0.25, 0.3) is 15.5 Å². The number of carbonyl (C=O) groups excluding carboxylic acids is 1. The van der Waals surface area contributed by atoms with Gasteiger partial charge in [0.05, 0.1) is 23.5 Å². The third kappa shape index (κ3) is 5.20. The number of piperazine rings is 1. The van der Waals surface area contributed by atoms with Gasteiger partial charge >= 0.3 is 6.03 Å². The highest BCUT2D eigenvalue weighted by molar-refractivity contribution is 7.19. The van der Waals surface area contributed by atoms with E-state index in [0.717, 1.165) is 16.9 Å². The first-order valence-electron chi connectivity index (χ1n) is 11.5. The first-order chi connectivity index (χ1) is 17.4. The fraction of sp³-hybridized carbons (Fsp3) is 0.280. The number of nitrogens with zero attached hydrogens (tertiary/aromatic N) is 5. The number of halogens is 1. The quantitative estimate of drug-likeness (QED) is 0.422. The summed E-state index contributed by atoms with van der Waals surface area (Å²) in [5.41, 5.74) is 3.02. The summed E-state index contributed by atoms with van der Waals surface area (Å²) in [6.07, 6.45) is 0. The van der Waals surface area contributed by atoms with Gasteiger partial charge in [-0.3, -0.25) is 9.69 Å². The molecule has 2 amide bonds. The lowest BCUT2D eigenvalue weighted by molar-refractivity contribution is 0.142. The molecule has 1 saturated heterocycles.